The Morgan fingerprint density at radius 3 is 2.67 bits per heavy atom. The average molecular weight is 486 g/mol. The van der Waals surface area contributed by atoms with E-state index >= 15 is 0 Å². The number of nitrogens with one attached hydrogen (secondary N) is 1. The number of carbonyl (C=O) groups is 1. The number of carbonyl (C=O) groups excluding carboxylic acids is 1. The monoisotopic (exact) mass is 486 g/mol. The number of halogens is 5. The van der Waals surface area contributed by atoms with Gasteiger partial charge in [-0.1, -0.05) is 11.2 Å². The van der Waals surface area contributed by atoms with Crippen LogP contribution in [0.4, 0.5) is 32.4 Å². The van der Waals surface area contributed by atoms with Gasteiger partial charge in [-0.15, -0.1) is 0 Å². The molecule has 0 saturated carbocycles. The van der Waals surface area contributed by atoms with Crippen molar-refractivity contribution < 1.29 is 36.0 Å². The number of benzene rings is 2. The standard InChI is InChI=1S/C20H15F5N4O3S/c1-31-15-3-2-10(6-16(15)33-20(23,24)25)7-17-27-18(32-28-17)11-8-14(13(22)9-12(11)21)29-5-4-26-19(29)30/h2-3,6,8-9H,4-5,7H2,1H3,(H,26,30). The highest BCUT2D eigenvalue weighted by atomic mass is 32.2. The Kier molecular flexibility index (Phi) is 6.15. The summed E-state index contributed by atoms with van der Waals surface area (Å²) in [5, 5.41) is 6.26. The fourth-order valence-electron chi connectivity index (χ4n) is 3.26. The Morgan fingerprint density at radius 1 is 1.21 bits per heavy atom. The van der Waals surface area contributed by atoms with Crippen LogP contribution >= 0.6 is 11.8 Å². The van der Waals surface area contributed by atoms with Gasteiger partial charge in [0.05, 0.1) is 23.3 Å². The van der Waals surface area contributed by atoms with Crippen LogP contribution in [0, 0.1) is 11.6 Å². The summed E-state index contributed by atoms with van der Waals surface area (Å²) in [6.45, 7) is 0.512. The number of thioether (sulfide) groups is 1. The van der Waals surface area contributed by atoms with Crippen LogP contribution in [-0.4, -0.2) is 41.9 Å². The van der Waals surface area contributed by atoms with Crippen molar-refractivity contribution in [2.45, 2.75) is 16.8 Å². The van der Waals surface area contributed by atoms with Crippen LogP contribution in [0.1, 0.15) is 11.4 Å². The third-order valence-electron chi connectivity index (χ3n) is 4.70. The van der Waals surface area contributed by atoms with Gasteiger partial charge in [0.1, 0.15) is 17.4 Å². The summed E-state index contributed by atoms with van der Waals surface area (Å²) in [6.07, 6.45) is -0.0108. The van der Waals surface area contributed by atoms with E-state index in [9.17, 15) is 26.7 Å². The number of rotatable bonds is 6. The molecule has 2 heterocycles. The van der Waals surface area contributed by atoms with Gasteiger partial charge in [-0.25, -0.2) is 13.6 Å². The summed E-state index contributed by atoms with van der Waals surface area (Å²) in [4.78, 5) is 16.9. The van der Waals surface area contributed by atoms with Crippen LogP contribution in [0.5, 0.6) is 5.75 Å². The predicted octanol–water partition coefficient (Wildman–Crippen LogP) is 4.76. The molecule has 2 aromatic carbocycles. The van der Waals surface area contributed by atoms with Gasteiger partial charge in [0.15, 0.2) is 5.82 Å². The van der Waals surface area contributed by atoms with Crippen molar-refractivity contribution in [1.82, 2.24) is 15.5 Å². The highest BCUT2D eigenvalue weighted by molar-refractivity contribution is 8.00. The van der Waals surface area contributed by atoms with Crippen LogP contribution in [0.15, 0.2) is 39.8 Å². The fourth-order valence-corrected chi connectivity index (χ4v) is 3.97. The van der Waals surface area contributed by atoms with Gasteiger partial charge in [0, 0.05) is 25.6 Å². The second kappa shape index (κ2) is 8.89. The predicted molar refractivity (Wildman–Crippen MR) is 108 cm³/mol. The van der Waals surface area contributed by atoms with E-state index in [1.165, 1.54) is 25.3 Å². The molecule has 0 radical (unpaired) electrons. The lowest BCUT2D eigenvalue weighted by atomic mass is 10.1. The molecule has 0 atom stereocenters. The number of alkyl halides is 3. The fraction of sp³-hybridized carbons (Fsp3) is 0.250. The molecular weight excluding hydrogens is 471 g/mol. The third kappa shape index (κ3) is 5.02. The van der Waals surface area contributed by atoms with Gasteiger partial charge in [0.25, 0.3) is 5.89 Å². The molecule has 1 aromatic heterocycles. The molecule has 33 heavy (non-hydrogen) atoms. The number of anilines is 1. The van der Waals surface area contributed by atoms with E-state index in [2.05, 4.69) is 15.5 Å². The Labute approximate surface area is 187 Å². The highest BCUT2D eigenvalue weighted by Crippen LogP contribution is 2.42. The minimum atomic E-state index is -4.50. The van der Waals surface area contributed by atoms with Gasteiger partial charge in [-0.05, 0) is 35.5 Å². The first-order valence-electron chi connectivity index (χ1n) is 9.44. The molecule has 4 rings (SSSR count). The molecule has 1 aliphatic rings. The largest absolute Gasteiger partial charge is 0.496 e. The zero-order valence-electron chi connectivity index (χ0n) is 16.9. The zero-order chi connectivity index (χ0) is 23.8. The Hall–Kier alpha value is -3.35. The molecule has 0 spiro atoms. The first kappa shape index (κ1) is 22.8. The molecular formula is C20H15F5N4O3S. The zero-order valence-corrected chi connectivity index (χ0v) is 17.7. The molecule has 0 aliphatic carbocycles. The molecule has 2 amide bonds. The molecule has 1 saturated heterocycles. The van der Waals surface area contributed by atoms with Crippen molar-refractivity contribution in [2.24, 2.45) is 0 Å². The van der Waals surface area contributed by atoms with Gasteiger partial charge in [-0.3, -0.25) is 4.90 Å². The van der Waals surface area contributed by atoms with Crippen LogP contribution in [0.2, 0.25) is 0 Å². The van der Waals surface area contributed by atoms with E-state index in [-0.39, 0.29) is 58.3 Å². The highest BCUT2D eigenvalue weighted by Gasteiger charge is 2.31. The minimum absolute atomic E-state index is 0.0108. The molecule has 0 bridgehead atoms. The Bertz CT molecular complexity index is 1200. The van der Waals surface area contributed by atoms with Crippen LogP contribution in [-0.2, 0) is 6.42 Å². The van der Waals surface area contributed by atoms with Gasteiger partial charge < -0.3 is 14.6 Å². The van der Waals surface area contributed by atoms with Crippen molar-refractivity contribution >= 4 is 23.5 Å². The van der Waals surface area contributed by atoms with Crippen molar-refractivity contribution in [3.8, 4) is 17.2 Å². The lowest BCUT2D eigenvalue weighted by Gasteiger charge is -2.16. The molecule has 3 aromatic rings. The second-order valence-electron chi connectivity index (χ2n) is 6.89. The maximum atomic E-state index is 14.4. The van der Waals surface area contributed by atoms with E-state index in [1.807, 2.05) is 0 Å². The van der Waals surface area contributed by atoms with E-state index in [1.54, 1.807) is 0 Å². The van der Waals surface area contributed by atoms with Gasteiger partial charge >= 0.3 is 11.5 Å². The second-order valence-corrected chi connectivity index (χ2v) is 8.00. The van der Waals surface area contributed by atoms with Crippen molar-refractivity contribution in [2.75, 3.05) is 25.1 Å². The van der Waals surface area contributed by atoms with Gasteiger partial charge in [0.2, 0.25) is 0 Å². The maximum absolute atomic E-state index is 14.4. The van der Waals surface area contributed by atoms with E-state index in [4.69, 9.17) is 9.26 Å². The topological polar surface area (TPSA) is 80.5 Å². The normalized spacial score (nSPS) is 14.0. The molecule has 1 fully saturated rings. The smallest absolute Gasteiger partial charge is 0.446 e. The Balaban J connectivity index is 1.60. The average Bonchev–Trinajstić information content (AvgIpc) is 3.36. The molecule has 13 heteroatoms. The number of nitrogens with zero attached hydrogens (tertiary/aromatic N) is 3. The third-order valence-corrected chi connectivity index (χ3v) is 5.47. The molecule has 1 aliphatic heterocycles. The molecule has 0 unspecified atom stereocenters. The number of aromatic nitrogens is 2. The summed E-state index contributed by atoms with van der Waals surface area (Å²) >= 11 is -0.316. The van der Waals surface area contributed by atoms with Crippen molar-refractivity contribution in [1.29, 1.82) is 0 Å². The number of hydrogen-bond acceptors (Lipinski definition) is 6. The SMILES string of the molecule is COc1ccc(Cc2noc(-c3cc(N4CCNC4=O)c(F)cc3F)n2)cc1SC(F)(F)F. The molecule has 7 nitrogen and oxygen atoms in total. The first-order valence-corrected chi connectivity index (χ1v) is 10.3. The van der Waals surface area contributed by atoms with E-state index < -0.39 is 23.2 Å². The number of methoxy groups -OCH3 is 1. The summed E-state index contributed by atoms with van der Waals surface area (Å²) < 4.78 is 77.2. The molecule has 174 valence electrons. The van der Waals surface area contributed by atoms with Crippen LogP contribution in [0.3, 0.4) is 0 Å². The lowest BCUT2D eigenvalue weighted by molar-refractivity contribution is -0.0328. The van der Waals surface area contributed by atoms with Crippen molar-refractivity contribution in [3.05, 3.63) is 53.4 Å². The van der Waals surface area contributed by atoms with E-state index in [0.29, 0.717) is 18.2 Å². The number of urea groups is 1. The number of hydrogen-bond donors (Lipinski definition) is 1. The summed E-state index contributed by atoms with van der Waals surface area (Å²) in [7, 11) is 1.26. The number of amides is 2. The minimum Gasteiger partial charge on any atom is -0.496 e. The Morgan fingerprint density at radius 2 is 2.00 bits per heavy atom. The summed E-state index contributed by atoms with van der Waals surface area (Å²) in [5.41, 5.74) is -4.43. The van der Waals surface area contributed by atoms with Crippen molar-refractivity contribution in [3.63, 3.8) is 0 Å². The van der Waals surface area contributed by atoms with Crippen LogP contribution in [0.25, 0.3) is 11.5 Å². The lowest BCUT2D eigenvalue weighted by Crippen LogP contribution is -2.28. The van der Waals surface area contributed by atoms with E-state index in [0.717, 1.165) is 11.0 Å². The maximum Gasteiger partial charge on any atom is 0.446 e. The van der Waals surface area contributed by atoms with Crippen LogP contribution < -0.4 is 15.0 Å². The molecule has 1 N–H and O–H groups in total. The first-order chi connectivity index (χ1) is 15.6. The summed E-state index contributed by atoms with van der Waals surface area (Å²) in [5.74, 6) is -2.04. The number of ether oxygens (including phenoxy) is 1. The van der Waals surface area contributed by atoms with Gasteiger partial charge in [-0.2, -0.15) is 18.2 Å². The summed E-state index contributed by atoms with van der Waals surface area (Å²) in [6, 6.07) is 5.40. The quantitative estimate of drug-likeness (QED) is 0.400.